The van der Waals surface area contributed by atoms with Crippen LogP contribution in [0.15, 0.2) is 160 Å². The highest BCUT2D eigenvalue weighted by molar-refractivity contribution is 6.20. The van der Waals surface area contributed by atoms with Crippen LogP contribution in [0.25, 0.3) is 65.4 Å². The largest absolute Gasteiger partial charge is 0.456 e. The van der Waals surface area contributed by atoms with E-state index in [1.165, 1.54) is 66.9 Å². The van der Waals surface area contributed by atoms with E-state index in [1.807, 2.05) is 0 Å². The Morgan fingerprint density at radius 2 is 0.794 bits per heavy atom. The van der Waals surface area contributed by atoms with Gasteiger partial charge in [-0.3, -0.25) is 0 Å². The first-order valence-corrected chi connectivity index (χ1v) is 22.1. The van der Waals surface area contributed by atoms with E-state index >= 15 is 0 Å². The lowest BCUT2D eigenvalue weighted by Crippen LogP contribution is -2.12. The second-order valence-electron chi connectivity index (χ2n) is 18.0. The van der Waals surface area contributed by atoms with Crippen molar-refractivity contribution in [2.75, 3.05) is 9.80 Å². The number of para-hydroxylation sites is 2. The van der Waals surface area contributed by atoms with E-state index in [-0.39, 0.29) is 5.92 Å². The third-order valence-electron chi connectivity index (χ3n) is 13.1. The Balaban J connectivity index is 1.06. The summed E-state index contributed by atoms with van der Waals surface area (Å²) in [5.74, 6) is 0.167. The Labute approximate surface area is 368 Å². The quantitative estimate of drug-likeness (QED) is 0.160. The molecule has 9 aromatic carbocycles. The Kier molecular flexibility index (Phi) is 8.99. The first-order valence-electron chi connectivity index (χ1n) is 22.1. The molecule has 2 heterocycles. The van der Waals surface area contributed by atoms with Gasteiger partial charge in [-0.25, -0.2) is 0 Å². The monoisotopic (exact) mass is 818 g/mol. The van der Waals surface area contributed by atoms with Gasteiger partial charge in [-0.15, -0.1) is 0 Å². The number of benzene rings is 9. The molecule has 0 bridgehead atoms. The van der Waals surface area contributed by atoms with Crippen molar-refractivity contribution in [1.82, 2.24) is 0 Å². The zero-order valence-electron chi connectivity index (χ0n) is 37.2. The van der Waals surface area contributed by atoms with Gasteiger partial charge in [0.25, 0.3) is 0 Å². The van der Waals surface area contributed by atoms with Gasteiger partial charge in [0.05, 0.1) is 0 Å². The molecule has 0 unspecified atom stereocenters. The maximum Gasteiger partial charge on any atom is 0.142 e. The first-order chi connectivity index (χ1) is 30.5. The van der Waals surface area contributed by atoms with Crippen molar-refractivity contribution in [2.45, 2.75) is 61.3 Å². The standard InChI is InChI=1S/C59H50N2O2/c1-34(2)57-58-49(47-29-41-19-21-45(27-43(41)31-55(47)62-58)60(51-15-11-9-13-37(51)5)53-23-17-35(3)25-39(53)7)33-50-48-30-42-20-22-46(28-44(42)32-56(48)63-59(50)57)61(52-16-12-10-14-38(52)6)54-24-18-36(4)26-40(54)8/h9-34H,1-8H3. The molecular weight excluding hydrogens is 769 g/mol. The molecule has 308 valence electrons. The molecule has 0 saturated heterocycles. The number of rotatable bonds is 7. The molecule has 0 saturated carbocycles. The highest BCUT2D eigenvalue weighted by Gasteiger charge is 2.24. The number of aryl methyl sites for hydroxylation is 6. The summed E-state index contributed by atoms with van der Waals surface area (Å²) in [6.07, 6.45) is 0. The number of hydrogen-bond acceptors (Lipinski definition) is 4. The molecule has 4 nitrogen and oxygen atoms in total. The van der Waals surface area contributed by atoms with Crippen LogP contribution < -0.4 is 9.80 Å². The van der Waals surface area contributed by atoms with Crippen LogP contribution in [0.1, 0.15) is 58.7 Å². The smallest absolute Gasteiger partial charge is 0.142 e. The van der Waals surface area contributed by atoms with Crippen molar-refractivity contribution in [3.63, 3.8) is 0 Å². The first kappa shape index (κ1) is 38.6. The van der Waals surface area contributed by atoms with Gasteiger partial charge < -0.3 is 18.6 Å². The van der Waals surface area contributed by atoms with E-state index in [2.05, 4.69) is 217 Å². The number of furan rings is 2. The van der Waals surface area contributed by atoms with Crippen LogP contribution in [0.4, 0.5) is 34.1 Å². The Hall–Kier alpha value is -7.30. The third kappa shape index (κ3) is 6.35. The predicted molar refractivity (Wildman–Crippen MR) is 268 cm³/mol. The molecule has 0 radical (unpaired) electrons. The highest BCUT2D eigenvalue weighted by Crippen LogP contribution is 2.46. The molecule has 0 spiro atoms. The second-order valence-corrected chi connectivity index (χ2v) is 18.0. The van der Waals surface area contributed by atoms with Crippen LogP contribution in [0.2, 0.25) is 0 Å². The third-order valence-corrected chi connectivity index (χ3v) is 13.1. The zero-order chi connectivity index (χ0) is 43.3. The van der Waals surface area contributed by atoms with E-state index in [1.54, 1.807) is 0 Å². The van der Waals surface area contributed by atoms with E-state index in [4.69, 9.17) is 8.83 Å². The SMILES string of the molecule is Cc1ccc(N(c2ccc3cc4c(cc3c2)oc2c(C(C)C)c3oc5cc6cc(N(c7ccccc7C)c7ccc(C)cc7C)ccc6cc5c3cc24)c2ccccc2C)c(C)c1. The average Bonchev–Trinajstić information content (AvgIpc) is 3.80. The summed E-state index contributed by atoms with van der Waals surface area (Å²) in [7, 11) is 0. The van der Waals surface area contributed by atoms with Gasteiger partial charge in [-0.05, 0) is 170 Å². The van der Waals surface area contributed by atoms with Crippen molar-refractivity contribution < 1.29 is 8.83 Å². The second kappa shape index (κ2) is 14.7. The van der Waals surface area contributed by atoms with Gasteiger partial charge in [-0.2, -0.15) is 0 Å². The highest BCUT2D eigenvalue weighted by atomic mass is 16.3. The van der Waals surface area contributed by atoms with Gasteiger partial charge in [-0.1, -0.05) is 97.8 Å². The number of nitrogens with zero attached hydrogens (tertiary/aromatic N) is 2. The summed E-state index contributed by atoms with van der Waals surface area (Å²) in [6, 6.07) is 55.6. The molecule has 0 atom stereocenters. The minimum absolute atomic E-state index is 0.167. The Bertz CT molecular complexity index is 3410. The fourth-order valence-electron chi connectivity index (χ4n) is 9.99. The summed E-state index contributed by atoms with van der Waals surface area (Å²) in [4.78, 5) is 4.77. The molecule has 0 amide bonds. The van der Waals surface area contributed by atoms with E-state index < -0.39 is 0 Å². The maximum absolute atomic E-state index is 6.93. The van der Waals surface area contributed by atoms with Crippen LogP contribution in [-0.4, -0.2) is 0 Å². The lowest BCUT2D eigenvalue weighted by Gasteiger charge is -2.29. The maximum atomic E-state index is 6.93. The fraction of sp³-hybridized carbons (Fsp3) is 0.153. The number of anilines is 6. The topological polar surface area (TPSA) is 32.8 Å². The van der Waals surface area contributed by atoms with Crippen molar-refractivity contribution in [3.05, 3.63) is 191 Å². The van der Waals surface area contributed by atoms with Crippen LogP contribution in [0.3, 0.4) is 0 Å². The summed E-state index contributed by atoms with van der Waals surface area (Å²) >= 11 is 0. The molecule has 11 aromatic rings. The minimum atomic E-state index is 0.167. The lowest BCUT2D eigenvalue weighted by atomic mass is 9.95. The van der Waals surface area contributed by atoms with E-state index in [0.29, 0.717) is 0 Å². The molecule has 11 rings (SSSR count). The van der Waals surface area contributed by atoms with Crippen LogP contribution in [-0.2, 0) is 0 Å². The fourth-order valence-corrected chi connectivity index (χ4v) is 9.99. The summed E-state index contributed by atoms with van der Waals surface area (Å²) in [5, 5.41) is 9.06. The molecule has 63 heavy (non-hydrogen) atoms. The predicted octanol–water partition coefficient (Wildman–Crippen LogP) is 17.7. The Morgan fingerprint density at radius 3 is 1.21 bits per heavy atom. The normalized spacial score (nSPS) is 12.0. The molecule has 0 N–H and O–H groups in total. The van der Waals surface area contributed by atoms with Crippen molar-refractivity contribution in [2.24, 2.45) is 0 Å². The molecule has 0 fully saturated rings. The number of fused-ring (bicyclic) bond motifs is 8. The van der Waals surface area contributed by atoms with E-state index in [9.17, 15) is 0 Å². The van der Waals surface area contributed by atoms with Crippen LogP contribution >= 0.6 is 0 Å². The zero-order valence-corrected chi connectivity index (χ0v) is 37.2. The van der Waals surface area contributed by atoms with Gasteiger partial charge >= 0.3 is 0 Å². The molecule has 2 aromatic heterocycles. The summed E-state index contributed by atoms with van der Waals surface area (Å²) in [6.45, 7) is 17.5. The minimum Gasteiger partial charge on any atom is -0.456 e. The summed E-state index contributed by atoms with van der Waals surface area (Å²) < 4.78 is 13.9. The molecule has 0 aliphatic rings. The molecule has 0 aliphatic carbocycles. The average molecular weight is 819 g/mol. The van der Waals surface area contributed by atoms with Gasteiger partial charge in [0.1, 0.15) is 22.3 Å². The lowest BCUT2D eigenvalue weighted by molar-refractivity contribution is 0.638. The Morgan fingerprint density at radius 1 is 0.365 bits per heavy atom. The molecule has 4 heteroatoms. The van der Waals surface area contributed by atoms with Crippen molar-refractivity contribution in [1.29, 1.82) is 0 Å². The van der Waals surface area contributed by atoms with Crippen LogP contribution in [0.5, 0.6) is 0 Å². The van der Waals surface area contributed by atoms with Gasteiger partial charge in [0, 0.05) is 61.2 Å². The van der Waals surface area contributed by atoms with Gasteiger partial charge in [0.2, 0.25) is 0 Å². The van der Waals surface area contributed by atoms with Crippen molar-refractivity contribution >= 4 is 99.5 Å². The molecule has 0 aliphatic heterocycles. The molecular formula is C59H50N2O2. The van der Waals surface area contributed by atoms with Crippen LogP contribution in [0, 0.1) is 41.5 Å². The summed E-state index contributed by atoms with van der Waals surface area (Å²) in [5.41, 5.74) is 19.0. The number of hydrogen-bond donors (Lipinski definition) is 0. The van der Waals surface area contributed by atoms with E-state index in [0.717, 1.165) is 71.6 Å². The van der Waals surface area contributed by atoms with Crippen molar-refractivity contribution in [3.8, 4) is 0 Å². The van der Waals surface area contributed by atoms with Gasteiger partial charge in [0.15, 0.2) is 0 Å².